The maximum Gasteiger partial charge on any atom is 0.416 e. The smallest absolute Gasteiger partial charge is 0.373 e. The summed E-state index contributed by atoms with van der Waals surface area (Å²) in [5, 5.41) is 8.24. The normalized spacial score (nSPS) is 15.0. The summed E-state index contributed by atoms with van der Waals surface area (Å²) in [4.78, 5) is 27.7. The van der Waals surface area contributed by atoms with Crippen LogP contribution in [0.2, 0.25) is 0 Å². The van der Waals surface area contributed by atoms with E-state index in [2.05, 4.69) is 10.4 Å². The summed E-state index contributed by atoms with van der Waals surface area (Å²) in [5.41, 5.74) is -0.481. The zero-order valence-corrected chi connectivity index (χ0v) is 19.1. The number of nitrogens with one attached hydrogen (secondary N) is 1. The quantitative estimate of drug-likeness (QED) is 0.622. The maximum absolute atomic E-state index is 13.4. The summed E-state index contributed by atoms with van der Waals surface area (Å²) in [5.74, 6) is 0.328. The van der Waals surface area contributed by atoms with E-state index in [9.17, 15) is 22.8 Å². The first kappa shape index (κ1) is 22.9. The van der Waals surface area contributed by atoms with Crippen LogP contribution in [-0.4, -0.2) is 28.4 Å². The fourth-order valence-corrected chi connectivity index (χ4v) is 4.28. The third kappa shape index (κ3) is 3.98. The molecule has 0 saturated heterocycles. The molecule has 1 saturated carbocycles. The van der Waals surface area contributed by atoms with E-state index in [4.69, 9.17) is 0 Å². The fourth-order valence-electron chi connectivity index (χ4n) is 4.28. The Morgan fingerprint density at radius 1 is 1.18 bits per heavy atom. The first-order chi connectivity index (χ1) is 15.4. The van der Waals surface area contributed by atoms with Crippen molar-refractivity contribution in [1.82, 2.24) is 14.3 Å². The maximum atomic E-state index is 13.4. The summed E-state index contributed by atoms with van der Waals surface area (Å²) < 4.78 is 43.0. The van der Waals surface area contributed by atoms with Crippen molar-refractivity contribution in [3.63, 3.8) is 0 Å². The van der Waals surface area contributed by atoms with Gasteiger partial charge in [-0.05, 0) is 43.9 Å². The molecule has 1 fully saturated rings. The zero-order valence-electron chi connectivity index (χ0n) is 19.1. The third-order valence-electron chi connectivity index (χ3n) is 6.11. The van der Waals surface area contributed by atoms with Gasteiger partial charge in [-0.3, -0.25) is 9.59 Å². The molecule has 3 aromatic rings. The number of nitrogens with zero attached hydrogens (tertiary/aromatic N) is 4. The van der Waals surface area contributed by atoms with Crippen LogP contribution in [0.5, 0.6) is 0 Å². The molecule has 1 aromatic carbocycles. The van der Waals surface area contributed by atoms with Crippen molar-refractivity contribution in [1.29, 1.82) is 0 Å². The van der Waals surface area contributed by atoms with Gasteiger partial charge in [-0.1, -0.05) is 12.1 Å². The first-order valence-corrected chi connectivity index (χ1v) is 10.7. The van der Waals surface area contributed by atoms with Crippen molar-refractivity contribution in [2.45, 2.75) is 44.9 Å². The predicted molar refractivity (Wildman–Crippen MR) is 122 cm³/mol. The summed E-state index contributed by atoms with van der Waals surface area (Å²) >= 11 is 0. The standard InChI is InChI=1S/C23H26F3N5O2/c1-12-15(7-6-8-17(12)23(24,25)26)13(2)27-20-16-11-31(14-9-10-14)22(33)19(29(3)4)18(16)21(32)30(5)28-20/h6-8,11,13-14H,9-10H2,1-5H3,(H,27,28). The number of hydrogen-bond acceptors (Lipinski definition) is 5. The lowest BCUT2D eigenvalue weighted by molar-refractivity contribution is -0.138. The number of aryl methyl sites for hydroxylation is 1. The summed E-state index contributed by atoms with van der Waals surface area (Å²) in [6, 6.07) is 3.61. The van der Waals surface area contributed by atoms with Crippen molar-refractivity contribution in [2.75, 3.05) is 24.3 Å². The Morgan fingerprint density at radius 2 is 1.85 bits per heavy atom. The van der Waals surface area contributed by atoms with Gasteiger partial charge >= 0.3 is 6.18 Å². The number of anilines is 2. The molecule has 1 unspecified atom stereocenters. The van der Waals surface area contributed by atoms with Gasteiger partial charge in [0.25, 0.3) is 11.1 Å². The molecule has 0 aliphatic heterocycles. The highest BCUT2D eigenvalue weighted by molar-refractivity contribution is 5.98. The molecule has 1 atom stereocenters. The van der Waals surface area contributed by atoms with E-state index < -0.39 is 23.3 Å². The molecule has 176 valence electrons. The van der Waals surface area contributed by atoms with Gasteiger partial charge in [0.1, 0.15) is 5.69 Å². The van der Waals surface area contributed by atoms with E-state index in [1.807, 2.05) is 0 Å². The van der Waals surface area contributed by atoms with Gasteiger partial charge in [-0.15, -0.1) is 0 Å². The van der Waals surface area contributed by atoms with Gasteiger partial charge in [0.2, 0.25) is 0 Å². The number of rotatable bonds is 5. The Morgan fingerprint density at radius 3 is 2.42 bits per heavy atom. The van der Waals surface area contributed by atoms with Crippen LogP contribution in [0.3, 0.4) is 0 Å². The van der Waals surface area contributed by atoms with Crippen molar-refractivity contribution >= 4 is 22.3 Å². The second-order valence-corrected chi connectivity index (χ2v) is 8.77. The molecule has 0 amide bonds. The molecule has 7 nitrogen and oxygen atoms in total. The van der Waals surface area contributed by atoms with E-state index in [1.165, 1.54) is 20.0 Å². The fraction of sp³-hybridized carbons (Fsp3) is 0.435. The highest BCUT2D eigenvalue weighted by Gasteiger charge is 2.33. The van der Waals surface area contributed by atoms with Gasteiger partial charge in [0.15, 0.2) is 5.82 Å². The molecular weight excluding hydrogens is 435 g/mol. The van der Waals surface area contributed by atoms with Crippen LogP contribution in [0.1, 0.15) is 48.5 Å². The van der Waals surface area contributed by atoms with Crippen LogP contribution >= 0.6 is 0 Å². The van der Waals surface area contributed by atoms with Crippen molar-refractivity contribution in [3.05, 3.63) is 61.8 Å². The molecule has 33 heavy (non-hydrogen) atoms. The molecule has 10 heteroatoms. The molecule has 1 N–H and O–H groups in total. The summed E-state index contributed by atoms with van der Waals surface area (Å²) in [6.45, 7) is 3.18. The number of aromatic nitrogens is 3. The van der Waals surface area contributed by atoms with E-state index in [1.54, 1.807) is 42.7 Å². The molecule has 0 bridgehead atoms. The highest BCUT2D eigenvalue weighted by Crippen LogP contribution is 2.37. The minimum absolute atomic E-state index is 0.0700. The number of alkyl halides is 3. The summed E-state index contributed by atoms with van der Waals surface area (Å²) in [7, 11) is 4.89. The van der Waals surface area contributed by atoms with Crippen molar-refractivity contribution in [2.24, 2.45) is 7.05 Å². The Balaban J connectivity index is 1.90. The van der Waals surface area contributed by atoms with Gasteiger partial charge in [-0.2, -0.15) is 18.3 Å². The largest absolute Gasteiger partial charge is 0.416 e. The van der Waals surface area contributed by atoms with Crippen LogP contribution in [-0.2, 0) is 13.2 Å². The molecular formula is C23H26F3N5O2. The van der Waals surface area contributed by atoms with E-state index in [0.717, 1.165) is 23.6 Å². The topological polar surface area (TPSA) is 72.2 Å². The van der Waals surface area contributed by atoms with Crippen LogP contribution < -0.4 is 21.3 Å². The first-order valence-electron chi connectivity index (χ1n) is 10.7. The molecule has 4 rings (SSSR count). The molecule has 1 aliphatic rings. The second kappa shape index (κ2) is 7.93. The highest BCUT2D eigenvalue weighted by atomic mass is 19.4. The van der Waals surface area contributed by atoms with Crippen molar-refractivity contribution < 1.29 is 13.2 Å². The lowest BCUT2D eigenvalue weighted by atomic mass is 9.97. The van der Waals surface area contributed by atoms with Gasteiger partial charge in [-0.25, -0.2) is 4.68 Å². The van der Waals surface area contributed by atoms with Gasteiger partial charge in [0.05, 0.1) is 22.4 Å². The third-order valence-corrected chi connectivity index (χ3v) is 6.11. The minimum Gasteiger partial charge on any atom is -0.373 e. The molecule has 0 radical (unpaired) electrons. The lowest BCUT2D eigenvalue weighted by Gasteiger charge is -2.23. The average molecular weight is 461 g/mol. The molecule has 0 spiro atoms. The predicted octanol–water partition coefficient (Wildman–Crippen LogP) is 4.00. The Kier molecular flexibility index (Phi) is 5.50. The van der Waals surface area contributed by atoms with Crippen LogP contribution in [0, 0.1) is 6.92 Å². The number of fused-ring (bicyclic) bond motifs is 1. The van der Waals surface area contributed by atoms with E-state index >= 15 is 0 Å². The number of halogens is 3. The lowest BCUT2D eigenvalue weighted by Crippen LogP contribution is -2.32. The molecule has 1 aliphatic carbocycles. The van der Waals surface area contributed by atoms with Crippen LogP contribution in [0.4, 0.5) is 24.7 Å². The zero-order chi connectivity index (χ0) is 24.2. The second-order valence-electron chi connectivity index (χ2n) is 8.77. The van der Waals surface area contributed by atoms with E-state index in [0.29, 0.717) is 16.8 Å². The Labute approximate surface area is 188 Å². The van der Waals surface area contributed by atoms with Crippen molar-refractivity contribution in [3.8, 4) is 0 Å². The van der Waals surface area contributed by atoms with Gasteiger partial charge in [0, 0.05) is 33.4 Å². The SMILES string of the molecule is Cc1c(C(C)Nc2nn(C)c(=O)c3c(N(C)C)c(=O)n(C4CC4)cc23)cccc1C(F)(F)F. The average Bonchev–Trinajstić information content (AvgIpc) is 3.55. The number of pyridine rings is 1. The molecule has 2 aromatic heterocycles. The number of hydrogen-bond donors (Lipinski definition) is 1. The van der Waals surface area contributed by atoms with E-state index in [-0.39, 0.29) is 28.2 Å². The van der Waals surface area contributed by atoms with Gasteiger partial charge < -0.3 is 14.8 Å². The summed E-state index contributed by atoms with van der Waals surface area (Å²) in [6.07, 6.45) is -1.06. The monoisotopic (exact) mass is 461 g/mol. The van der Waals surface area contributed by atoms with Crippen LogP contribution in [0.15, 0.2) is 34.0 Å². The molecule has 2 heterocycles. The number of benzene rings is 1. The Bertz CT molecular complexity index is 1350. The minimum atomic E-state index is -4.46. The Hall–Kier alpha value is -3.30. The van der Waals surface area contributed by atoms with Crippen LogP contribution in [0.25, 0.3) is 10.8 Å².